The third-order valence-electron chi connectivity index (χ3n) is 13.8. The molecule has 0 bridgehead atoms. The van der Waals surface area contributed by atoms with Gasteiger partial charge in [0.15, 0.2) is 0 Å². The van der Waals surface area contributed by atoms with Crippen molar-refractivity contribution in [2.24, 2.45) is 70.5 Å². The SMILES string of the molecule is CC.CC.CC.CC.CC.CC.CC.CC.CC.CC.Cc1ccccc1-c1nc(C)n(C)[n+]1C.Cc1ccncc1-c1nc(C)n(C)[n+]1C.Cc1cnccc1-c1nc(C)n(C)[n+]1C.Cc1ncccc1-c1nc(C)n(C)[n+]1C.Cc1ncncc1-c1nc(C)n(C)[n+]1C. The summed E-state index contributed by atoms with van der Waals surface area (Å²) >= 11 is 0. The molecule has 0 aliphatic rings. The van der Waals surface area contributed by atoms with Crippen LogP contribution in [0.15, 0.2) is 92.0 Å². The quantitative estimate of drug-likeness (QED) is 0.151. The molecule has 0 atom stereocenters. The summed E-state index contributed by atoms with van der Waals surface area (Å²) in [6.07, 6.45) is 12.5. The Labute approximate surface area is 578 Å². The van der Waals surface area contributed by atoms with Gasteiger partial charge in [0.05, 0.1) is 68.9 Å². The largest absolute Gasteiger partial charge is 0.354 e. The molecule has 20 heteroatoms. The zero-order chi connectivity index (χ0) is 75.0. The van der Waals surface area contributed by atoms with Gasteiger partial charge in [0.2, 0.25) is 0 Å². The van der Waals surface area contributed by atoms with Gasteiger partial charge < -0.3 is 0 Å². The highest BCUT2D eigenvalue weighted by molar-refractivity contribution is 5.58. The van der Waals surface area contributed by atoms with Crippen molar-refractivity contribution in [1.29, 1.82) is 0 Å². The van der Waals surface area contributed by atoms with Crippen molar-refractivity contribution in [2.45, 2.75) is 208 Å². The summed E-state index contributed by atoms with van der Waals surface area (Å²) in [6, 6.07) is 16.3. The second-order valence-corrected chi connectivity index (χ2v) is 18.5. The van der Waals surface area contributed by atoms with Gasteiger partial charge in [0.1, 0.15) is 47.1 Å². The van der Waals surface area contributed by atoms with Crippen molar-refractivity contribution >= 4 is 0 Å². The van der Waals surface area contributed by atoms with Crippen molar-refractivity contribution in [3.8, 4) is 56.9 Å². The van der Waals surface area contributed by atoms with Gasteiger partial charge in [-0.05, 0) is 107 Å². The minimum Gasteiger partial charge on any atom is -0.264 e. The first kappa shape index (κ1) is 95.1. The minimum absolute atomic E-state index is 0.896. The molecule has 20 nitrogen and oxygen atoms in total. The van der Waals surface area contributed by atoms with E-state index in [2.05, 4.69) is 86.6 Å². The predicted molar refractivity (Wildman–Crippen MR) is 399 cm³/mol. The average Bonchev–Trinajstić information content (AvgIpc) is 1.76. The van der Waals surface area contributed by atoms with Crippen molar-refractivity contribution in [2.75, 3.05) is 0 Å². The Kier molecular flexibility index (Phi) is 53.9. The molecule has 0 saturated carbocycles. The number of benzene rings is 1. The Bertz CT molecular complexity index is 3050. The molecule has 0 saturated heterocycles. The van der Waals surface area contributed by atoms with Crippen LogP contribution < -0.4 is 23.4 Å². The van der Waals surface area contributed by atoms with E-state index in [0.29, 0.717) is 0 Å². The number of nitrogens with zero attached hydrogens (tertiary/aromatic N) is 20. The Morgan fingerprint density at radius 3 is 0.874 bits per heavy atom. The monoisotopic (exact) mass is 1320 g/mol. The number of hydrogen-bond acceptors (Lipinski definition) is 10. The molecule has 0 fully saturated rings. The smallest absolute Gasteiger partial charge is 0.264 e. The van der Waals surface area contributed by atoms with E-state index >= 15 is 0 Å². The fourth-order valence-electron chi connectivity index (χ4n) is 8.04. The fourth-order valence-corrected chi connectivity index (χ4v) is 8.04. The second-order valence-electron chi connectivity index (χ2n) is 18.5. The molecule has 0 unspecified atom stereocenters. The summed E-state index contributed by atoms with van der Waals surface area (Å²) in [5, 5.41) is 0. The van der Waals surface area contributed by atoms with Gasteiger partial charge in [0.25, 0.3) is 29.1 Å². The van der Waals surface area contributed by atoms with E-state index in [-0.39, 0.29) is 0 Å². The van der Waals surface area contributed by atoms with Crippen molar-refractivity contribution in [3.63, 3.8) is 0 Å². The maximum absolute atomic E-state index is 4.57. The molecule has 9 heterocycles. The Morgan fingerprint density at radius 1 is 0.263 bits per heavy atom. The molecule has 10 aromatic rings. The van der Waals surface area contributed by atoms with Crippen LogP contribution in [0.3, 0.4) is 0 Å². The lowest BCUT2D eigenvalue weighted by molar-refractivity contribution is -0.742. The Balaban J connectivity index is -0.000000332. The molecule has 0 amide bonds. The van der Waals surface area contributed by atoms with Crippen LogP contribution >= 0.6 is 0 Å². The summed E-state index contributed by atoms with van der Waals surface area (Å²) in [5.74, 6) is 9.80. The minimum atomic E-state index is 0.896. The number of aromatic nitrogens is 20. The maximum Gasteiger partial charge on any atom is 0.354 e. The van der Waals surface area contributed by atoms with E-state index in [4.69, 9.17) is 0 Å². The first-order chi connectivity index (χ1) is 45.5. The van der Waals surface area contributed by atoms with Gasteiger partial charge in [-0.2, -0.15) is 46.8 Å². The number of hydrogen-bond donors (Lipinski definition) is 0. The van der Waals surface area contributed by atoms with E-state index in [1.54, 1.807) is 31.1 Å². The van der Waals surface area contributed by atoms with Crippen LogP contribution in [-0.2, 0) is 70.5 Å². The summed E-state index contributed by atoms with van der Waals surface area (Å²) in [6.45, 7) is 60.2. The van der Waals surface area contributed by atoms with Crippen LogP contribution in [-0.4, -0.2) is 73.2 Å². The molecular formula is C75H135N20+5. The third-order valence-corrected chi connectivity index (χ3v) is 13.8. The standard InChI is InChI=1S/C12H16N3.3C11H15N4.C10H14N5.10C2H6/c1-9-7-5-6-8-11(9)12-13-10(2)14(3)15(12)4;1-8-7-12-6-5-10(8)11-13-9(2)14(3)15(11)4;1-8-5-6-12-7-10(8)11-13-9(2)14(3)15(11)4;1-8-10(6-5-7-12-8)11-13-9(2)14(3)15(11)4;1-7-9(5-11-6-12-7)10-13-8(2)14(3)15(10)4;10*1-2/h5-8H,1-4H3;3*5-7H,1-4H3;5-6H,1-4H3;10*1-2H3/q5*+1;;;;;;;;;;. The normalized spacial score (nSPS) is 9.05. The number of rotatable bonds is 5. The molecule has 0 spiro atoms. The molecule has 530 valence electrons. The lowest BCUT2D eigenvalue weighted by atomic mass is 10.1. The van der Waals surface area contributed by atoms with Gasteiger partial charge in [-0.3, -0.25) is 15.0 Å². The molecule has 0 aliphatic heterocycles. The van der Waals surface area contributed by atoms with Gasteiger partial charge in [0, 0.05) is 71.8 Å². The highest BCUT2D eigenvalue weighted by Crippen LogP contribution is 2.21. The molecule has 9 aromatic heterocycles. The van der Waals surface area contributed by atoms with Crippen molar-refractivity contribution in [3.05, 3.63) is 149 Å². The molecule has 1 aromatic carbocycles. The van der Waals surface area contributed by atoms with E-state index in [9.17, 15) is 0 Å². The van der Waals surface area contributed by atoms with Crippen LogP contribution in [0.2, 0.25) is 0 Å². The predicted octanol–water partition coefficient (Wildman–Crippen LogP) is 14.9. The molecule has 0 aliphatic carbocycles. The lowest BCUT2D eigenvalue weighted by Gasteiger charge is -1.99. The Morgan fingerprint density at radius 2 is 0.547 bits per heavy atom. The zero-order valence-electron chi connectivity index (χ0n) is 67.6. The first-order valence-corrected chi connectivity index (χ1v) is 34.6. The van der Waals surface area contributed by atoms with Gasteiger partial charge in [-0.25, -0.2) is 9.97 Å². The van der Waals surface area contributed by atoms with Crippen LogP contribution in [0.1, 0.15) is 196 Å². The zero-order valence-corrected chi connectivity index (χ0v) is 67.6. The summed E-state index contributed by atoms with van der Waals surface area (Å²) < 4.78 is 20.2. The van der Waals surface area contributed by atoms with Gasteiger partial charge in [-0.15, -0.1) is 0 Å². The van der Waals surface area contributed by atoms with Gasteiger partial charge in [-0.1, -0.05) is 157 Å². The highest BCUT2D eigenvalue weighted by atomic mass is 15.5. The molecule has 10 rings (SSSR count). The number of pyridine rings is 3. The summed E-state index contributed by atoms with van der Waals surface area (Å²) in [4.78, 5) is 43.3. The Hall–Kier alpha value is -8.55. The van der Waals surface area contributed by atoms with E-state index in [1.807, 2.05) is 349 Å². The fraction of sp³-hybridized carbons (Fsp3) is 0.533. The van der Waals surface area contributed by atoms with Crippen LogP contribution in [0.5, 0.6) is 0 Å². The maximum atomic E-state index is 4.57. The van der Waals surface area contributed by atoms with Crippen LogP contribution in [0, 0.1) is 69.2 Å². The van der Waals surface area contributed by atoms with Crippen LogP contribution in [0.4, 0.5) is 0 Å². The van der Waals surface area contributed by atoms with E-state index in [0.717, 1.165) is 97.4 Å². The van der Waals surface area contributed by atoms with Crippen molar-refractivity contribution < 1.29 is 23.4 Å². The lowest BCUT2D eigenvalue weighted by Crippen LogP contribution is -2.39. The number of aryl methyl sites for hydroxylation is 10. The molecule has 0 radical (unpaired) electrons. The van der Waals surface area contributed by atoms with Crippen molar-refractivity contribution in [1.82, 2.24) is 73.2 Å². The molecule has 95 heavy (non-hydrogen) atoms. The topological polar surface area (TPSA) is 173 Å². The van der Waals surface area contributed by atoms with E-state index in [1.165, 1.54) is 16.7 Å². The summed E-state index contributed by atoms with van der Waals surface area (Å²) in [7, 11) is 20.0. The third kappa shape index (κ3) is 27.7. The van der Waals surface area contributed by atoms with E-state index < -0.39 is 0 Å². The molecular weight excluding hydrogens is 1180 g/mol. The summed E-state index contributed by atoms with van der Waals surface area (Å²) in [5.41, 5.74) is 11.0. The molecule has 0 N–H and O–H groups in total. The van der Waals surface area contributed by atoms with Crippen LogP contribution in [0.25, 0.3) is 56.9 Å². The average molecular weight is 1320 g/mol. The second kappa shape index (κ2) is 53.8. The highest BCUT2D eigenvalue weighted by Gasteiger charge is 2.26. The first-order valence-electron chi connectivity index (χ1n) is 34.6. The van der Waals surface area contributed by atoms with Gasteiger partial charge >= 0.3 is 29.1 Å².